The lowest BCUT2D eigenvalue weighted by atomic mass is 10.3. The zero-order valence-corrected chi connectivity index (χ0v) is 14.1. The standard InChI is InChI=1S/C16H18O6S/c1-19-11-6-5-7-14(15(11)17)23(18)10-8-12(20-2)16(22-4)13(9-10)21-3/h5-9,17H,1-4H3. The van der Waals surface area contributed by atoms with Gasteiger partial charge in [0.05, 0.1) is 28.4 Å². The molecule has 0 bridgehead atoms. The molecule has 0 spiro atoms. The van der Waals surface area contributed by atoms with E-state index < -0.39 is 11.2 Å². The Labute approximate surface area is 137 Å². The van der Waals surface area contributed by atoms with Crippen molar-refractivity contribution in [1.29, 1.82) is 0 Å². The van der Waals surface area contributed by atoms with E-state index in [1.54, 1.807) is 30.3 Å². The van der Waals surface area contributed by atoms with E-state index in [-0.39, 0.29) is 16.4 Å². The fourth-order valence-corrected chi connectivity index (χ4v) is 3.27. The molecule has 1 atom stereocenters. The van der Waals surface area contributed by atoms with E-state index in [1.807, 2.05) is 0 Å². The van der Waals surface area contributed by atoms with Crippen LogP contribution in [0.4, 0.5) is 0 Å². The van der Waals surface area contributed by atoms with Crippen molar-refractivity contribution in [2.75, 3.05) is 28.4 Å². The molecule has 2 rings (SSSR count). The molecular formula is C16H18O6S. The molecule has 0 aliphatic rings. The SMILES string of the molecule is COc1cccc([S+]([O-])c2cc(OC)c(OC)c(OC)c2)c1O. The summed E-state index contributed by atoms with van der Waals surface area (Å²) in [6, 6.07) is 7.97. The maximum Gasteiger partial charge on any atom is 0.214 e. The van der Waals surface area contributed by atoms with Crippen LogP contribution in [-0.2, 0) is 11.2 Å². The first-order chi connectivity index (χ1) is 11.1. The number of aromatic hydroxyl groups is 1. The van der Waals surface area contributed by atoms with Crippen LogP contribution in [0.3, 0.4) is 0 Å². The van der Waals surface area contributed by atoms with Gasteiger partial charge in [-0.1, -0.05) is 6.07 Å². The van der Waals surface area contributed by atoms with Crippen LogP contribution in [0.25, 0.3) is 0 Å². The van der Waals surface area contributed by atoms with E-state index in [0.29, 0.717) is 22.1 Å². The van der Waals surface area contributed by atoms with Crippen molar-refractivity contribution < 1.29 is 28.6 Å². The minimum atomic E-state index is -1.65. The lowest BCUT2D eigenvalue weighted by Gasteiger charge is -2.16. The Morgan fingerprint density at radius 3 is 1.91 bits per heavy atom. The minimum absolute atomic E-state index is 0.165. The first kappa shape index (κ1) is 17.1. The normalized spacial score (nSPS) is 11.7. The second-order valence-corrected chi connectivity index (χ2v) is 5.89. The summed E-state index contributed by atoms with van der Waals surface area (Å²) < 4.78 is 33.6. The van der Waals surface area contributed by atoms with Gasteiger partial charge in [0.25, 0.3) is 0 Å². The third-order valence-corrected chi connectivity index (χ3v) is 4.63. The van der Waals surface area contributed by atoms with Crippen LogP contribution >= 0.6 is 0 Å². The lowest BCUT2D eigenvalue weighted by molar-refractivity contribution is 0.323. The molecule has 0 fully saturated rings. The first-order valence-electron chi connectivity index (χ1n) is 6.65. The average molecular weight is 338 g/mol. The minimum Gasteiger partial charge on any atom is -0.606 e. The molecule has 23 heavy (non-hydrogen) atoms. The van der Waals surface area contributed by atoms with Crippen molar-refractivity contribution in [2.24, 2.45) is 0 Å². The fraction of sp³-hybridized carbons (Fsp3) is 0.250. The summed E-state index contributed by atoms with van der Waals surface area (Å²) >= 11 is -1.65. The summed E-state index contributed by atoms with van der Waals surface area (Å²) in [4.78, 5) is 0.640. The molecule has 1 unspecified atom stereocenters. The predicted molar refractivity (Wildman–Crippen MR) is 85.4 cm³/mol. The summed E-state index contributed by atoms with van der Waals surface area (Å²) in [6.45, 7) is 0. The van der Waals surface area contributed by atoms with E-state index in [1.165, 1.54) is 28.4 Å². The van der Waals surface area contributed by atoms with Gasteiger partial charge in [0.2, 0.25) is 16.4 Å². The summed E-state index contributed by atoms with van der Waals surface area (Å²) in [5.41, 5.74) is 0. The summed E-state index contributed by atoms with van der Waals surface area (Å²) in [7, 11) is 5.88. The summed E-state index contributed by atoms with van der Waals surface area (Å²) in [5, 5.41) is 10.2. The molecular weight excluding hydrogens is 320 g/mol. The van der Waals surface area contributed by atoms with Crippen LogP contribution in [0.1, 0.15) is 0 Å². The van der Waals surface area contributed by atoms with Crippen LogP contribution < -0.4 is 18.9 Å². The molecule has 1 N–H and O–H groups in total. The Kier molecular flexibility index (Phi) is 5.46. The molecule has 0 saturated heterocycles. The second-order valence-electron chi connectivity index (χ2n) is 4.44. The third kappa shape index (κ3) is 3.25. The van der Waals surface area contributed by atoms with Crippen molar-refractivity contribution in [3.8, 4) is 28.7 Å². The molecule has 0 radical (unpaired) electrons. The van der Waals surface area contributed by atoms with Crippen molar-refractivity contribution >= 4 is 11.2 Å². The van der Waals surface area contributed by atoms with Gasteiger partial charge in [0.1, 0.15) is 0 Å². The van der Waals surface area contributed by atoms with Crippen LogP contribution in [0.2, 0.25) is 0 Å². The van der Waals surface area contributed by atoms with Crippen molar-refractivity contribution in [3.05, 3.63) is 30.3 Å². The van der Waals surface area contributed by atoms with Gasteiger partial charge in [0.15, 0.2) is 22.1 Å². The average Bonchev–Trinajstić information content (AvgIpc) is 2.59. The van der Waals surface area contributed by atoms with Crippen LogP contribution in [0.5, 0.6) is 28.7 Å². The molecule has 0 heterocycles. The molecule has 0 aromatic heterocycles. The number of phenolic OH excluding ortho intramolecular Hbond substituents is 1. The predicted octanol–water partition coefficient (Wildman–Crippen LogP) is 2.59. The van der Waals surface area contributed by atoms with Crippen LogP contribution in [0, 0.1) is 0 Å². The highest BCUT2D eigenvalue weighted by molar-refractivity contribution is 7.91. The van der Waals surface area contributed by atoms with Gasteiger partial charge < -0.3 is 28.6 Å². The van der Waals surface area contributed by atoms with E-state index >= 15 is 0 Å². The molecule has 6 nitrogen and oxygen atoms in total. The highest BCUT2D eigenvalue weighted by atomic mass is 32.2. The molecule has 2 aromatic rings. The molecule has 2 aromatic carbocycles. The number of phenols is 1. The second kappa shape index (κ2) is 7.34. The van der Waals surface area contributed by atoms with Gasteiger partial charge >= 0.3 is 0 Å². The van der Waals surface area contributed by atoms with Gasteiger partial charge in [0, 0.05) is 23.3 Å². The van der Waals surface area contributed by atoms with Crippen molar-refractivity contribution in [3.63, 3.8) is 0 Å². The highest BCUT2D eigenvalue weighted by Gasteiger charge is 2.25. The van der Waals surface area contributed by atoms with Crippen LogP contribution in [-0.4, -0.2) is 38.1 Å². The number of ether oxygens (including phenoxy) is 4. The number of hydrogen-bond acceptors (Lipinski definition) is 6. The zero-order valence-electron chi connectivity index (χ0n) is 13.3. The number of methoxy groups -OCH3 is 4. The fourth-order valence-electron chi connectivity index (χ4n) is 2.11. The molecule has 7 heteroatoms. The van der Waals surface area contributed by atoms with Crippen molar-refractivity contribution in [2.45, 2.75) is 9.79 Å². The van der Waals surface area contributed by atoms with E-state index in [4.69, 9.17) is 18.9 Å². The molecule has 124 valence electrons. The third-order valence-electron chi connectivity index (χ3n) is 3.23. The number of benzene rings is 2. The quantitative estimate of drug-likeness (QED) is 0.816. The van der Waals surface area contributed by atoms with E-state index in [0.717, 1.165) is 0 Å². The Balaban J connectivity index is 2.53. The number of rotatable bonds is 6. The van der Waals surface area contributed by atoms with Gasteiger partial charge in [-0.05, 0) is 12.1 Å². The maximum absolute atomic E-state index is 12.8. The van der Waals surface area contributed by atoms with Gasteiger partial charge in [-0.2, -0.15) is 0 Å². The zero-order chi connectivity index (χ0) is 17.0. The van der Waals surface area contributed by atoms with E-state index in [2.05, 4.69) is 0 Å². The monoisotopic (exact) mass is 338 g/mol. The number of para-hydroxylation sites is 1. The molecule has 0 saturated carbocycles. The highest BCUT2D eigenvalue weighted by Crippen LogP contribution is 2.42. The Bertz CT molecular complexity index is 663. The molecule has 0 aliphatic heterocycles. The van der Waals surface area contributed by atoms with Crippen molar-refractivity contribution in [1.82, 2.24) is 0 Å². The largest absolute Gasteiger partial charge is 0.606 e. The topological polar surface area (TPSA) is 80.2 Å². The molecule has 0 amide bonds. The maximum atomic E-state index is 12.8. The van der Waals surface area contributed by atoms with E-state index in [9.17, 15) is 9.66 Å². The first-order valence-corrected chi connectivity index (χ1v) is 7.80. The Morgan fingerprint density at radius 2 is 1.43 bits per heavy atom. The van der Waals surface area contributed by atoms with Crippen LogP contribution in [0.15, 0.2) is 40.1 Å². The molecule has 0 aliphatic carbocycles. The Morgan fingerprint density at radius 1 is 0.870 bits per heavy atom. The summed E-state index contributed by atoms with van der Waals surface area (Å²) in [5.74, 6) is 1.27. The Hall–Kier alpha value is -2.25. The van der Waals surface area contributed by atoms with Gasteiger partial charge in [-0.3, -0.25) is 0 Å². The smallest absolute Gasteiger partial charge is 0.214 e. The summed E-state index contributed by atoms with van der Waals surface area (Å²) in [6.07, 6.45) is 0. The lowest BCUT2D eigenvalue weighted by Crippen LogP contribution is -2.05. The van der Waals surface area contributed by atoms with Gasteiger partial charge in [-0.25, -0.2) is 0 Å². The van der Waals surface area contributed by atoms with Gasteiger partial charge in [-0.15, -0.1) is 0 Å². The number of hydrogen-bond donors (Lipinski definition) is 1.